The van der Waals surface area contributed by atoms with Crippen LogP contribution in [0.3, 0.4) is 0 Å². The summed E-state index contributed by atoms with van der Waals surface area (Å²) in [7, 11) is 0. The summed E-state index contributed by atoms with van der Waals surface area (Å²) >= 11 is 1.34. The number of hydrogen-bond donors (Lipinski definition) is 0. The molecule has 0 spiro atoms. The molecule has 92 valence electrons. The van der Waals surface area contributed by atoms with Gasteiger partial charge in [0.25, 0.3) is 0 Å². The predicted molar refractivity (Wildman–Crippen MR) is 68.9 cm³/mol. The Hall–Kier alpha value is -1.88. The first-order valence-electron chi connectivity index (χ1n) is 5.25. The van der Waals surface area contributed by atoms with Crippen LogP contribution in [0.2, 0.25) is 0 Å². The Bertz CT molecular complexity index is 657. The fraction of sp³-hybridized carbons (Fsp3) is 0.154. The van der Waals surface area contributed by atoms with Gasteiger partial charge in [0, 0.05) is 10.8 Å². The maximum Gasteiger partial charge on any atom is 0.163 e. The van der Waals surface area contributed by atoms with Crippen molar-refractivity contribution >= 4 is 39.2 Å². The molecule has 0 unspecified atom stereocenters. The molecule has 2 aromatic heterocycles. The van der Waals surface area contributed by atoms with Crippen molar-refractivity contribution in [3.63, 3.8) is 0 Å². The molecular formula is C13H10FNO2S. The lowest BCUT2D eigenvalue weighted by Gasteiger charge is -1.98. The van der Waals surface area contributed by atoms with Crippen LogP contribution in [0.5, 0.6) is 0 Å². The Morgan fingerprint density at radius 2 is 2.00 bits per heavy atom. The van der Waals surface area contributed by atoms with Crippen molar-refractivity contribution in [1.82, 2.24) is 4.98 Å². The Morgan fingerprint density at radius 3 is 2.61 bits per heavy atom. The Balaban J connectivity index is 2.61. The zero-order valence-corrected chi connectivity index (χ0v) is 10.7. The van der Waals surface area contributed by atoms with Crippen molar-refractivity contribution in [2.45, 2.75) is 13.8 Å². The summed E-state index contributed by atoms with van der Waals surface area (Å²) in [6, 6.07) is 1.35. The van der Waals surface area contributed by atoms with Crippen LogP contribution in [0.1, 0.15) is 19.4 Å². The molecule has 0 bridgehead atoms. The van der Waals surface area contributed by atoms with Gasteiger partial charge >= 0.3 is 0 Å². The van der Waals surface area contributed by atoms with Crippen LogP contribution < -0.4 is 0 Å². The minimum Gasteiger partial charge on any atom is -0.294 e. The van der Waals surface area contributed by atoms with Crippen molar-refractivity contribution in [3.05, 3.63) is 34.6 Å². The van der Waals surface area contributed by atoms with Gasteiger partial charge in [0.15, 0.2) is 11.6 Å². The van der Waals surface area contributed by atoms with E-state index in [1.807, 2.05) is 0 Å². The monoisotopic (exact) mass is 263 g/mol. The Morgan fingerprint density at radius 1 is 1.33 bits per heavy atom. The van der Waals surface area contributed by atoms with Crippen LogP contribution >= 0.6 is 11.3 Å². The van der Waals surface area contributed by atoms with Crippen LogP contribution in [0, 0.1) is 5.82 Å². The molecule has 3 nitrogen and oxygen atoms in total. The van der Waals surface area contributed by atoms with E-state index in [0.717, 1.165) is 6.20 Å². The lowest BCUT2D eigenvalue weighted by Crippen LogP contribution is -2.05. The van der Waals surface area contributed by atoms with Gasteiger partial charge in [-0.05, 0) is 31.6 Å². The fourth-order valence-electron chi connectivity index (χ4n) is 1.63. The van der Waals surface area contributed by atoms with Crippen LogP contribution in [0.25, 0.3) is 16.3 Å². The molecule has 2 rings (SSSR count). The molecule has 0 saturated heterocycles. The van der Waals surface area contributed by atoms with E-state index < -0.39 is 5.82 Å². The highest BCUT2D eigenvalue weighted by atomic mass is 32.1. The highest BCUT2D eigenvalue weighted by molar-refractivity contribution is 7.17. The number of aromatic nitrogens is 1. The summed E-state index contributed by atoms with van der Waals surface area (Å²) in [6.45, 7) is 2.67. The highest BCUT2D eigenvalue weighted by Gasteiger charge is 2.12. The first-order chi connectivity index (χ1) is 8.49. The van der Waals surface area contributed by atoms with E-state index in [1.54, 1.807) is 5.38 Å². The van der Waals surface area contributed by atoms with Gasteiger partial charge in [-0.1, -0.05) is 0 Å². The summed E-state index contributed by atoms with van der Waals surface area (Å²) in [4.78, 5) is 27.3. The smallest absolute Gasteiger partial charge is 0.163 e. The number of nitrogens with zero attached hydrogens (tertiary/aromatic N) is 1. The maximum absolute atomic E-state index is 13.1. The molecule has 0 N–H and O–H groups in total. The Labute approximate surface area is 107 Å². The molecule has 5 heteroatoms. The molecule has 0 aliphatic heterocycles. The number of fused-ring (bicyclic) bond motifs is 1. The number of allylic oxidation sites excluding steroid dienone is 1. The van der Waals surface area contributed by atoms with Gasteiger partial charge in [0.05, 0.1) is 11.8 Å². The van der Waals surface area contributed by atoms with Gasteiger partial charge in [-0.25, -0.2) is 9.37 Å². The number of carbonyl (C=O) groups is 2. The van der Waals surface area contributed by atoms with Gasteiger partial charge in [0.1, 0.15) is 10.6 Å². The summed E-state index contributed by atoms with van der Waals surface area (Å²) < 4.78 is 13.1. The number of carbonyl (C=O) groups excluding carboxylic acids is 2. The van der Waals surface area contributed by atoms with Gasteiger partial charge in [-0.2, -0.15) is 0 Å². The first kappa shape index (κ1) is 12.6. The zero-order valence-electron chi connectivity index (χ0n) is 9.86. The van der Waals surface area contributed by atoms with Crippen LogP contribution in [-0.4, -0.2) is 16.6 Å². The van der Waals surface area contributed by atoms with Crippen molar-refractivity contribution in [3.8, 4) is 0 Å². The largest absolute Gasteiger partial charge is 0.294 e. The predicted octanol–water partition coefficient (Wildman–Crippen LogP) is 3.00. The van der Waals surface area contributed by atoms with Gasteiger partial charge < -0.3 is 0 Å². The molecule has 0 atom stereocenters. The number of pyridine rings is 1. The third-order valence-corrected chi connectivity index (χ3v) is 3.41. The summed E-state index contributed by atoms with van der Waals surface area (Å²) in [5, 5.41) is 2.36. The maximum atomic E-state index is 13.1. The van der Waals surface area contributed by atoms with E-state index in [-0.39, 0.29) is 17.1 Å². The van der Waals surface area contributed by atoms with E-state index in [2.05, 4.69) is 4.98 Å². The summed E-state index contributed by atoms with van der Waals surface area (Å²) in [5.74, 6) is -1.04. The normalized spacial score (nSPS) is 10.4. The molecule has 0 aliphatic rings. The molecule has 0 amide bonds. The van der Waals surface area contributed by atoms with Crippen molar-refractivity contribution in [2.75, 3.05) is 0 Å². The molecule has 18 heavy (non-hydrogen) atoms. The first-order valence-corrected chi connectivity index (χ1v) is 6.13. The molecule has 0 saturated carbocycles. The molecule has 0 fully saturated rings. The summed E-state index contributed by atoms with van der Waals surface area (Å²) in [6.07, 6.45) is 2.63. The van der Waals surface area contributed by atoms with Crippen LogP contribution in [-0.2, 0) is 9.59 Å². The average Bonchev–Trinajstić information content (AvgIpc) is 2.67. The third-order valence-electron chi connectivity index (χ3n) is 2.48. The third kappa shape index (κ3) is 2.36. The standard InChI is InChI=1S/C13H10FNO2S/c1-7(16)11(8(2)17)3-9-6-18-13-12(9)4-10(14)5-15-13/h3-6H,1-2H3. The minimum atomic E-state index is -0.442. The van der Waals surface area contributed by atoms with Gasteiger partial charge in [0.2, 0.25) is 0 Å². The lowest BCUT2D eigenvalue weighted by atomic mass is 10.0. The SMILES string of the molecule is CC(=O)C(=Cc1csc2ncc(F)cc12)C(C)=O. The van der Waals surface area contributed by atoms with Crippen LogP contribution in [0.4, 0.5) is 4.39 Å². The molecule has 0 radical (unpaired) electrons. The minimum absolute atomic E-state index is 0.110. The van der Waals surface area contributed by atoms with Gasteiger partial charge in [-0.15, -0.1) is 11.3 Å². The lowest BCUT2D eigenvalue weighted by molar-refractivity contribution is -0.119. The molecule has 2 heterocycles. The second-order valence-corrected chi connectivity index (χ2v) is 4.73. The van der Waals surface area contributed by atoms with E-state index in [0.29, 0.717) is 15.8 Å². The number of thiophene rings is 1. The van der Waals surface area contributed by atoms with Gasteiger partial charge in [-0.3, -0.25) is 9.59 Å². The van der Waals surface area contributed by atoms with Crippen molar-refractivity contribution in [1.29, 1.82) is 0 Å². The highest BCUT2D eigenvalue weighted by Crippen LogP contribution is 2.26. The molecule has 0 aliphatic carbocycles. The second-order valence-electron chi connectivity index (χ2n) is 3.87. The number of Topliss-reactive ketones (excluding diaryl/α,β-unsaturated/α-hetero) is 2. The van der Waals surface area contributed by atoms with E-state index in [4.69, 9.17) is 0 Å². The van der Waals surface area contributed by atoms with Crippen molar-refractivity contribution in [2.24, 2.45) is 0 Å². The van der Waals surface area contributed by atoms with E-state index in [9.17, 15) is 14.0 Å². The van der Waals surface area contributed by atoms with E-state index in [1.165, 1.54) is 37.3 Å². The van der Waals surface area contributed by atoms with E-state index >= 15 is 0 Å². The fourth-order valence-corrected chi connectivity index (χ4v) is 2.48. The summed E-state index contributed by atoms with van der Waals surface area (Å²) in [5.41, 5.74) is 0.751. The number of halogens is 1. The number of ketones is 2. The van der Waals surface area contributed by atoms with Crippen LogP contribution in [0.15, 0.2) is 23.2 Å². The quantitative estimate of drug-likeness (QED) is 0.486. The Kier molecular flexibility index (Phi) is 3.34. The second kappa shape index (κ2) is 4.78. The number of hydrogen-bond acceptors (Lipinski definition) is 4. The molecule has 0 aromatic carbocycles. The molecular weight excluding hydrogens is 253 g/mol. The average molecular weight is 263 g/mol. The van der Waals surface area contributed by atoms with Crippen molar-refractivity contribution < 1.29 is 14.0 Å². The zero-order chi connectivity index (χ0) is 13.3. The topological polar surface area (TPSA) is 47.0 Å². The molecule has 2 aromatic rings. The number of rotatable bonds is 3.